The van der Waals surface area contributed by atoms with Crippen LogP contribution in [0.25, 0.3) is 33.4 Å². The van der Waals surface area contributed by atoms with Gasteiger partial charge in [0.05, 0.1) is 11.3 Å². The number of rotatable bonds is 5. The third-order valence-electron chi connectivity index (χ3n) is 5.75. The molecule has 13 heteroatoms. The Morgan fingerprint density at radius 3 is 2.11 bits per heavy atom. The van der Waals surface area contributed by atoms with Crippen LogP contribution in [0, 0.1) is 0 Å². The molecule has 0 spiro atoms. The van der Waals surface area contributed by atoms with Gasteiger partial charge < -0.3 is 15.3 Å². The van der Waals surface area contributed by atoms with Crippen LogP contribution in [0.4, 0.5) is 5.69 Å². The van der Waals surface area contributed by atoms with Gasteiger partial charge >= 0.3 is 16.1 Å². The van der Waals surface area contributed by atoms with Crippen molar-refractivity contribution in [2.45, 2.75) is 29.6 Å². The number of nitrogens with two attached hydrogens (primary N) is 2. The van der Waals surface area contributed by atoms with Gasteiger partial charge in [-0.3, -0.25) is 14.5 Å². The van der Waals surface area contributed by atoms with Gasteiger partial charge in [-0.25, -0.2) is 4.79 Å². The van der Waals surface area contributed by atoms with Gasteiger partial charge in [-0.05, 0) is 41.3 Å². The van der Waals surface area contributed by atoms with Crippen LogP contribution in [0.15, 0.2) is 56.7 Å². The van der Waals surface area contributed by atoms with Crippen LogP contribution in [-0.4, -0.2) is 37.0 Å². The van der Waals surface area contributed by atoms with Crippen LogP contribution >= 0.6 is 0 Å². The number of hydrogen-bond donors (Lipinski definition) is 5. The quantitative estimate of drug-likeness (QED) is 0.142. The molecule has 2 aliphatic rings. The second-order valence-electron chi connectivity index (χ2n) is 8.41. The zero-order chi connectivity index (χ0) is 26.7. The molecule has 0 aromatic heterocycles. The lowest BCUT2D eigenvalue weighted by molar-refractivity contribution is -0.176. The maximum Gasteiger partial charge on any atom is 0.336 e. The van der Waals surface area contributed by atoms with Crippen molar-refractivity contribution in [3.05, 3.63) is 58.9 Å². The molecule has 2 aromatic rings. The highest BCUT2D eigenvalue weighted by atomic mass is 32.2. The van der Waals surface area contributed by atoms with Gasteiger partial charge in [0.1, 0.15) is 0 Å². The van der Waals surface area contributed by atoms with Crippen molar-refractivity contribution in [1.82, 2.24) is 0 Å². The highest BCUT2D eigenvalue weighted by Crippen LogP contribution is 2.45. The Kier molecular flexibility index (Phi) is 5.92. The summed E-state index contributed by atoms with van der Waals surface area (Å²) in [7, 11) is -10.0. The summed E-state index contributed by atoms with van der Waals surface area (Å²) in [5.74, 6) is -1.88. The van der Waals surface area contributed by atoms with Crippen molar-refractivity contribution in [2.24, 2.45) is 0 Å². The molecule has 0 amide bonds. The lowest BCUT2D eigenvalue weighted by Gasteiger charge is -2.20. The molecule has 1 aliphatic heterocycles. The van der Waals surface area contributed by atoms with E-state index in [1.807, 2.05) is 13.8 Å². The Morgan fingerprint density at radius 2 is 1.56 bits per heavy atom. The van der Waals surface area contributed by atoms with Crippen molar-refractivity contribution in [2.75, 3.05) is 5.73 Å². The van der Waals surface area contributed by atoms with Crippen molar-refractivity contribution in [3.8, 4) is 22.5 Å². The Labute approximate surface area is 205 Å². The van der Waals surface area contributed by atoms with Crippen molar-refractivity contribution >= 4 is 42.9 Å². The minimum absolute atomic E-state index is 0.00943. The van der Waals surface area contributed by atoms with Gasteiger partial charge in [0.2, 0.25) is 10.3 Å². The molecule has 0 atom stereocenters. The molecule has 11 nitrogen and oxygen atoms in total. The summed E-state index contributed by atoms with van der Waals surface area (Å²) in [6.07, 6.45) is 0. The van der Waals surface area contributed by atoms with Gasteiger partial charge in [-0.15, -0.1) is 0 Å². The van der Waals surface area contributed by atoms with Crippen molar-refractivity contribution in [1.29, 1.82) is 0 Å². The summed E-state index contributed by atoms with van der Waals surface area (Å²) < 4.78 is 74.3. The van der Waals surface area contributed by atoms with Gasteiger partial charge in [0, 0.05) is 22.6 Å². The summed E-state index contributed by atoms with van der Waals surface area (Å²) in [4.78, 5) is 10.5. The van der Waals surface area contributed by atoms with E-state index in [1.54, 1.807) is 6.07 Å². The maximum absolute atomic E-state index is 12.3. The number of nitrogen functional groups attached to an aromatic ring is 1. The normalized spacial score (nSPS) is 12.5. The molecule has 36 heavy (non-hydrogen) atoms. The lowest BCUT2D eigenvalue weighted by Crippen LogP contribution is -2.47. The molecule has 0 unspecified atom stereocenters. The Hall–Kier alpha value is -3.78. The third-order valence-corrected chi connectivity index (χ3v) is 7.63. The predicted octanol–water partition coefficient (Wildman–Crippen LogP) is 1.76. The van der Waals surface area contributed by atoms with E-state index < -0.39 is 58.4 Å². The van der Waals surface area contributed by atoms with Crippen LogP contribution in [0.3, 0.4) is 0 Å². The minimum atomic E-state index is -5.01. The Bertz CT molecular complexity index is 1820. The number of carboxylic acid groups (broad SMARTS) is 1. The zero-order valence-electron chi connectivity index (χ0n) is 18.9. The number of aromatic carboxylic acids is 1. The minimum Gasteiger partial charge on any atom is -0.478 e. The first-order chi connectivity index (χ1) is 16.6. The highest BCUT2D eigenvalue weighted by molar-refractivity contribution is 7.86. The summed E-state index contributed by atoms with van der Waals surface area (Å²) in [5.41, 5.74) is 5.55. The zero-order valence-corrected chi connectivity index (χ0v) is 20.5. The first kappa shape index (κ1) is 25.3. The summed E-state index contributed by atoms with van der Waals surface area (Å²) in [5, 5.41) is 15.4. The van der Waals surface area contributed by atoms with Crippen LogP contribution in [-0.2, 0) is 20.2 Å². The largest absolute Gasteiger partial charge is 0.478 e. The van der Waals surface area contributed by atoms with Gasteiger partial charge in [0.15, 0.2) is 16.2 Å². The first-order valence-corrected chi connectivity index (χ1v) is 13.2. The van der Waals surface area contributed by atoms with Crippen molar-refractivity contribution in [3.63, 3.8) is 0 Å². The molecule has 2 aromatic carbocycles. The third kappa shape index (κ3) is 4.11. The molecule has 1 heterocycles. The maximum atomic E-state index is 12.3. The van der Waals surface area contributed by atoms with E-state index in [0.717, 1.165) is 0 Å². The number of hydrogen-bond acceptors (Lipinski definition) is 7. The Morgan fingerprint density at radius 1 is 0.944 bits per heavy atom. The fourth-order valence-electron chi connectivity index (χ4n) is 4.14. The van der Waals surface area contributed by atoms with Crippen molar-refractivity contribution < 1.29 is 45.7 Å². The van der Waals surface area contributed by atoms with Gasteiger partial charge in [-0.2, -0.15) is 16.8 Å². The standard InChI is InChI=1S/C23H20N2O9S2/c1-10(2)11-3-4-12(15(9-11)23(26)27)18-13-5-7-16(24)21(35(28,29)30)19(13)34-20-14(18)6-8-17(25)22(20)36(31,32)33/h3-10,24H,25H2,1-2H3,(H,26,27)(H,28,29,30)(H,31,32,33)/p+1. The lowest BCUT2D eigenvalue weighted by atomic mass is 9.88. The van der Waals surface area contributed by atoms with E-state index in [0.29, 0.717) is 5.56 Å². The van der Waals surface area contributed by atoms with E-state index in [9.17, 15) is 35.8 Å². The highest BCUT2D eigenvalue weighted by Gasteiger charge is 2.32. The molecule has 0 bridgehead atoms. The monoisotopic (exact) mass is 533 g/mol. The van der Waals surface area contributed by atoms with E-state index in [4.69, 9.17) is 15.6 Å². The molecule has 0 fully saturated rings. The first-order valence-electron chi connectivity index (χ1n) is 10.4. The fraction of sp³-hybridized carbons (Fsp3) is 0.130. The predicted molar refractivity (Wildman–Crippen MR) is 128 cm³/mol. The van der Waals surface area contributed by atoms with E-state index >= 15 is 0 Å². The smallest absolute Gasteiger partial charge is 0.336 e. The van der Waals surface area contributed by atoms with Crippen LogP contribution < -0.4 is 16.5 Å². The summed E-state index contributed by atoms with van der Waals surface area (Å²) in [6, 6.07) is 9.69. The number of carboxylic acids is 1. The summed E-state index contributed by atoms with van der Waals surface area (Å²) in [6.45, 7) is 3.74. The van der Waals surface area contributed by atoms with Crippen LogP contribution in [0.2, 0.25) is 0 Å². The van der Waals surface area contributed by atoms with Crippen LogP contribution in [0.5, 0.6) is 0 Å². The fourth-order valence-corrected chi connectivity index (χ4v) is 5.64. The van der Waals surface area contributed by atoms with E-state index in [-0.39, 0.29) is 33.6 Å². The number of fused-ring (bicyclic) bond motifs is 2. The second kappa shape index (κ2) is 8.41. The average molecular weight is 534 g/mol. The number of carbonyl (C=O) groups is 1. The molecule has 1 aliphatic carbocycles. The molecule has 0 saturated heterocycles. The number of benzene rings is 3. The topological polar surface area (TPSA) is 211 Å². The molecule has 188 valence electrons. The SMILES string of the molecule is CC(C)c1ccc(-c2c3ccc(=[NH2+])c(S(=O)(=O)O)c-3oc3c(S(=O)(=O)O)c(N)ccc23)c(C(=O)O)c1. The molecule has 7 N–H and O–H groups in total. The molecular formula is C23H21N2O9S2+. The van der Waals surface area contributed by atoms with E-state index in [1.165, 1.54) is 36.4 Å². The molecule has 0 saturated carbocycles. The summed E-state index contributed by atoms with van der Waals surface area (Å²) >= 11 is 0. The van der Waals surface area contributed by atoms with E-state index in [2.05, 4.69) is 0 Å². The molecular weight excluding hydrogens is 512 g/mol. The molecule has 0 radical (unpaired) electrons. The number of anilines is 1. The second-order valence-corrected chi connectivity index (χ2v) is 11.1. The average Bonchev–Trinajstić information content (AvgIpc) is 2.74. The van der Waals surface area contributed by atoms with Crippen LogP contribution in [0.1, 0.15) is 35.7 Å². The van der Waals surface area contributed by atoms with Gasteiger partial charge in [0.25, 0.3) is 10.1 Å². The molecule has 4 rings (SSSR count). The van der Waals surface area contributed by atoms with Gasteiger partial charge in [-0.1, -0.05) is 26.0 Å². The Balaban J connectivity index is 2.36.